The molecule has 0 N–H and O–H groups in total. The molecular formula is C99H60N4S2. The number of thiophene rings is 2. The van der Waals surface area contributed by atoms with E-state index in [1.807, 2.05) is 22.7 Å². The molecule has 0 amide bonds. The molecule has 8 heterocycles. The van der Waals surface area contributed by atoms with Gasteiger partial charge in [-0.2, -0.15) is 0 Å². The maximum Gasteiger partial charge on any atom is 0.0574 e. The van der Waals surface area contributed by atoms with E-state index in [2.05, 4.69) is 347 Å². The summed E-state index contributed by atoms with van der Waals surface area (Å²) < 4.78 is 15.2. The first kappa shape index (κ1) is 57.7. The molecule has 2 aliphatic rings. The Hall–Kier alpha value is -12.8. The molecule has 0 spiro atoms. The molecule has 105 heavy (non-hydrogen) atoms. The van der Waals surface area contributed by atoms with Gasteiger partial charge in [0, 0.05) is 130 Å². The average molecular weight is 1370 g/mol. The molecule has 0 bridgehead atoms. The van der Waals surface area contributed by atoms with Gasteiger partial charge in [0.05, 0.1) is 33.1 Å². The molecule has 0 radical (unpaired) electrons. The van der Waals surface area contributed by atoms with E-state index in [-0.39, 0.29) is 0 Å². The molecule has 6 heteroatoms. The van der Waals surface area contributed by atoms with Crippen LogP contribution in [0.5, 0.6) is 0 Å². The van der Waals surface area contributed by atoms with Crippen molar-refractivity contribution >= 4 is 150 Å². The van der Waals surface area contributed by atoms with Crippen molar-refractivity contribution in [2.75, 3.05) is 0 Å². The molecule has 0 aliphatic carbocycles. The second-order valence-electron chi connectivity index (χ2n) is 29.1. The van der Waals surface area contributed by atoms with E-state index in [0.717, 1.165) is 24.5 Å². The fourth-order valence-corrected chi connectivity index (χ4v) is 20.8. The lowest BCUT2D eigenvalue weighted by Gasteiger charge is -2.23. The van der Waals surface area contributed by atoms with E-state index in [4.69, 9.17) is 0 Å². The smallest absolute Gasteiger partial charge is 0.0574 e. The molecule has 488 valence electrons. The van der Waals surface area contributed by atoms with Crippen molar-refractivity contribution in [2.24, 2.45) is 0 Å². The Morgan fingerprint density at radius 3 is 1.23 bits per heavy atom. The number of fused-ring (bicyclic) bond motifs is 22. The summed E-state index contributed by atoms with van der Waals surface area (Å²) in [5, 5.41) is 15.4. The number of aryl methyl sites for hydroxylation is 1. The van der Waals surface area contributed by atoms with Crippen LogP contribution in [0.4, 0.5) is 0 Å². The average Bonchev–Trinajstić information content (AvgIpc) is 1.59. The summed E-state index contributed by atoms with van der Waals surface area (Å²) in [7, 11) is 0. The van der Waals surface area contributed by atoms with Gasteiger partial charge in [0.25, 0.3) is 0 Å². The maximum atomic E-state index is 2.55. The molecule has 2 aliphatic heterocycles. The van der Waals surface area contributed by atoms with E-state index in [1.54, 1.807) is 0 Å². The van der Waals surface area contributed by atoms with Crippen molar-refractivity contribution in [3.63, 3.8) is 0 Å². The zero-order valence-electron chi connectivity index (χ0n) is 57.1. The molecule has 0 atom stereocenters. The van der Waals surface area contributed by atoms with Gasteiger partial charge in [-0.05, 0) is 230 Å². The van der Waals surface area contributed by atoms with Gasteiger partial charge < -0.3 is 18.3 Å². The van der Waals surface area contributed by atoms with Gasteiger partial charge in [-0.25, -0.2) is 0 Å². The van der Waals surface area contributed by atoms with Crippen LogP contribution in [0.2, 0.25) is 0 Å². The second-order valence-corrected chi connectivity index (χ2v) is 31.3. The van der Waals surface area contributed by atoms with Crippen LogP contribution in [0.3, 0.4) is 0 Å². The van der Waals surface area contributed by atoms with Crippen molar-refractivity contribution in [2.45, 2.75) is 20.0 Å². The number of nitrogens with zero attached hydrogens (tertiary/aromatic N) is 4. The summed E-state index contributed by atoms with van der Waals surface area (Å²) in [5.41, 5.74) is 33.8. The molecule has 0 saturated heterocycles. The minimum atomic E-state index is 0.819. The van der Waals surface area contributed by atoms with Crippen molar-refractivity contribution in [3.8, 4) is 89.3 Å². The van der Waals surface area contributed by atoms with E-state index in [0.29, 0.717) is 0 Å². The van der Waals surface area contributed by atoms with Gasteiger partial charge in [-0.1, -0.05) is 182 Å². The number of hydrogen-bond acceptors (Lipinski definition) is 2. The lowest BCUT2D eigenvalue weighted by Crippen LogP contribution is -2.08. The van der Waals surface area contributed by atoms with Gasteiger partial charge in [-0.15, -0.1) is 22.7 Å². The summed E-state index contributed by atoms with van der Waals surface area (Å²) in [6.45, 7) is 3.97. The number of aromatic nitrogens is 4. The van der Waals surface area contributed by atoms with Gasteiger partial charge in [0.2, 0.25) is 0 Å². The Balaban J connectivity index is 0.569. The highest BCUT2D eigenvalue weighted by atomic mass is 32.1. The second kappa shape index (κ2) is 21.6. The first-order valence-electron chi connectivity index (χ1n) is 36.4. The molecule has 16 aromatic carbocycles. The molecule has 0 unspecified atom stereocenters. The van der Waals surface area contributed by atoms with Crippen molar-refractivity contribution in [3.05, 3.63) is 338 Å². The molecular weight excluding hydrogens is 1310 g/mol. The zero-order chi connectivity index (χ0) is 68.4. The maximum absolute atomic E-state index is 2.55. The fraction of sp³-hybridized carbons (Fsp3) is 0.0303. The van der Waals surface area contributed by atoms with Gasteiger partial charge in [-0.3, -0.25) is 0 Å². The van der Waals surface area contributed by atoms with Crippen LogP contribution in [0, 0.1) is 6.92 Å². The van der Waals surface area contributed by atoms with Crippen LogP contribution in [0.1, 0.15) is 16.7 Å². The minimum Gasteiger partial charge on any atom is -0.335 e. The summed E-state index contributed by atoms with van der Waals surface area (Å²) in [5.74, 6) is 0. The lowest BCUT2D eigenvalue weighted by atomic mass is 9.88. The molecule has 24 rings (SSSR count). The molecule has 0 fully saturated rings. The van der Waals surface area contributed by atoms with Crippen LogP contribution < -0.4 is 0 Å². The minimum absolute atomic E-state index is 0.819. The lowest BCUT2D eigenvalue weighted by molar-refractivity contribution is 0.859. The molecule has 22 aromatic rings. The third kappa shape index (κ3) is 8.37. The van der Waals surface area contributed by atoms with Crippen molar-refractivity contribution in [1.29, 1.82) is 0 Å². The Morgan fingerprint density at radius 1 is 0.229 bits per heavy atom. The molecule has 6 aromatic heterocycles. The largest absolute Gasteiger partial charge is 0.335 e. The van der Waals surface area contributed by atoms with Crippen molar-refractivity contribution in [1.82, 2.24) is 18.3 Å². The Labute approximate surface area is 611 Å². The number of hydrogen-bond donors (Lipinski definition) is 0. The molecule has 4 nitrogen and oxygen atoms in total. The summed E-state index contributed by atoms with van der Waals surface area (Å²) >= 11 is 3.75. The van der Waals surface area contributed by atoms with E-state index < -0.39 is 0 Å². The monoisotopic (exact) mass is 1370 g/mol. The number of para-hydroxylation sites is 4. The molecule has 0 saturated carbocycles. The topological polar surface area (TPSA) is 19.7 Å². The number of rotatable bonds is 7. The highest BCUT2D eigenvalue weighted by Crippen LogP contribution is 2.50. The van der Waals surface area contributed by atoms with E-state index >= 15 is 0 Å². The van der Waals surface area contributed by atoms with Crippen LogP contribution >= 0.6 is 22.7 Å². The highest BCUT2D eigenvalue weighted by Gasteiger charge is 2.28. The first-order valence-corrected chi connectivity index (χ1v) is 38.0. The van der Waals surface area contributed by atoms with E-state index in [1.165, 1.54) is 222 Å². The zero-order valence-corrected chi connectivity index (χ0v) is 58.8. The predicted molar refractivity (Wildman–Crippen MR) is 448 cm³/mol. The fourth-order valence-electron chi connectivity index (χ4n) is 18.7. The standard InChI is InChI=1S/C99H60N4S2/c1-57-13-12-14-67-56-101-88-21-8-3-18-75(88)84-51-69(53-86(97(57)67)99(84)101)59-27-36-70(37-28-59)102-90-23-10-5-16-73(90)79-46-61(32-41-91(79)102)63-34-44-96-82(49-63)81-48-62(33-43-95(81)105-96)60-25-26-66-55-100-87-20-7-2-17-74(87)83-50-68(52-85(98(83)100)78(66)45-60)58-29-38-71(39-30-58)103-89-22-9-4-15-72(89)76-40-31-65(54-92(76)103)64-35-42-94-80(47-64)77-19-6-11-24-93(77)104-94/h2-54H,55-56H2,1H3. The summed E-state index contributed by atoms with van der Waals surface area (Å²) in [6, 6.07) is 122. The normalized spacial score (nSPS) is 12.7. The van der Waals surface area contributed by atoms with Crippen molar-refractivity contribution < 1.29 is 0 Å². The van der Waals surface area contributed by atoms with Gasteiger partial charge in [0.1, 0.15) is 0 Å². The van der Waals surface area contributed by atoms with Gasteiger partial charge in [0.15, 0.2) is 0 Å². The van der Waals surface area contributed by atoms with E-state index in [9.17, 15) is 0 Å². The van der Waals surface area contributed by atoms with Crippen LogP contribution in [-0.2, 0) is 13.1 Å². The number of benzene rings is 16. The third-order valence-corrected chi connectivity index (χ3v) is 25.8. The predicted octanol–water partition coefficient (Wildman–Crippen LogP) is 27.5. The summed E-state index contributed by atoms with van der Waals surface area (Å²) in [6.07, 6.45) is 0. The Morgan fingerprint density at radius 2 is 0.619 bits per heavy atom. The van der Waals surface area contributed by atoms with Crippen LogP contribution in [0.25, 0.3) is 217 Å². The first-order chi connectivity index (χ1) is 51.9. The van der Waals surface area contributed by atoms with Crippen LogP contribution in [-0.4, -0.2) is 18.3 Å². The quantitative estimate of drug-likeness (QED) is 0.152. The Bertz CT molecular complexity index is 7590. The Kier molecular flexibility index (Phi) is 11.9. The highest BCUT2D eigenvalue weighted by molar-refractivity contribution is 7.26. The third-order valence-electron chi connectivity index (χ3n) is 23.5. The SMILES string of the molecule is Cc1cccc2c1-c1cc(-c3ccc(-n4c5ccccc5c5cc(-c6ccc7sc8ccc(-c9ccc%10c(c9)-c9cc(-c%11ccc(-n%12c%13ccccc%13c%13ccc(-c%14ccc%15sc%16ccccc%16c%15c%14)cc%13%12)cc%11)cc%11c%12ccccc%12n(c9%11)C%10)cc8c7c6)ccc54)cc3)cc3c4ccccc4n(c13)C2. The summed E-state index contributed by atoms with van der Waals surface area (Å²) in [4.78, 5) is 0. The van der Waals surface area contributed by atoms with Crippen LogP contribution in [0.15, 0.2) is 322 Å². The van der Waals surface area contributed by atoms with Gasteiger partial charge >= 0.3 is 0 Å².